The Morgan fingerprint density at radius 1 is 1.32 bits per heavy atom. The molecular weight excluding hydrogens is 262 g/mol. The maximum Gasteiger partial charge on any atom is 0.144 e. The van der Waals surface area contributed by atoms with Crippen LogP contribution in [0.1, 0.15) is 5.56 Å². The highest BCUT2D eigenvalue weighted by molar-refractivity contribution is 6.29. The maximum atomic E-state index is 5.88. The van der Waals surface area contributed by atoms with Gasteiger partial charge in [0.2, 0.25) is 0 Å². The van der Waals surface area contributed by atoms with Crippen LogP contribution in [0.2, 0.25) is 5.15 Å². The third-order valence-corrected chi connectivity index (χ3v) is 3.21. The Hall–Kier alpha value is -2.07. The van der Waals surface area contributed by atoms with Gasteiger partial charge in [-0.2, -0.15) is 5.10 Å². The molecule has 2 heterocycles. The largest absolute Gasteiger partial charge is 0.494 e. The average molecular weight is 274 g/mol. The fourth-order valence-corrected chi connectivity index (χ4v) is 2.25. The second kappa shape index (κ2) is 4.55. The molecule has 19 heavy (non-hydrogen) atoms. The Kier molecular flexibility index (Phi) is 2.87. The molecule has 0 spiro atoms. The predicted molar refractivity (Wildman–Crippen MR) is 75.2 cm³/mol. The van der Waals surface area contributed by atoms with E-state index in [0.29, 0.717) is 5.15 Å². The lowest BCUT2D eigenvalue weighted by Gasteiger charge is -2.10. The lowest BCUT2D eigenvalue weighted by Crippen LogP contribution is -2.00. The van der Waals surface area contributed by atoms with Crippen molar-refractivity contribution < 1.29 is 4.74 Å². The number of para-hydroxylation sites is 1. The lowest BCUT2D eigenvalue weighted by molar-refractivity contribution is 0.411. The van der Waals surface area contributed by atoms with Crippen molar-refractivity contribution in [3.8, 4) is 11.4 Å². The first-order chi connectivity index (χ1) is 9.19. The number of rotatable bonds is 2. The molecular formula is C14H12ClN3O. The molecule has 0 saturated carbocycles. The molecule has 0 aliphatic rings. The van der Waals surface area contributed by atoms with Crippen molar-refractivity contribution in [2.24, 2.45) is 0 Å². The van der Waals surface area contributed by atoms with E-state index in [9.17, 15) is 0 Å². The first-order valence-corrected chi connectivity index (χ1v) is 6.22. The second-order valence-corrected chi connectivity index (χ2v) is 4.65. The Bertz CT molecular complexity index is 752. The standard InChI is InChI=1S/C14H12ClN3O/c1-9-4-3-5-12(19-2)14(9)18-8-10-7-16-13(15)6-11(10)17-18/h3-8H,1-2H3. The van der Waals surface area contributed by atoms with Crippen molar-refractivity contribution in [3.63, 3.8) is 0 Å². The molecule has 0 aliphatic carbocycles. The topological polar surface area (TPSA) is 39.9 Å². The van der Waals surface area contributed by atoms with E-state index in [0.717, 1.165) is 27.9 Å². The van der Waals surface area contributed by atoms with Crippen molar-refractivity contribution in [2.45, 2.75) is 6.92 Å². The van der Waals surface area contributed by atoms with Crippen LogP contribution in [-0.2, 0) is 0 Å². The van der Waals surface area contributed by atoms with Gasteiger partial charge in [-0.1, -0.05) is 23.7 Å². The summed E-state index contributed by atoms with van der Waals surface area (Å²) >= 11 is 5.88. The predicted octanol–water partition coefficient (Wildman–Crippen LogP) is 3.39. The zero-order valence-corrected chi connectivity index (χ0v) is 11.3. The van der Waals surface area contributed by atoms with Crippen LogP contribution in [0.4, 0.5) is 0 Å². The zero-order chi connectivity index (χ0) is 13.4. The van der Waals surface area contributed by atoms with Gasteiger partial charge in [0, 0.05) is 23.8 Å². The third kappa shape index (κ3) is 2.04. The van der Waals surface area contributed by atoms with Crippen LogP contribution in [0.15, 0.2) is 36.7 Å². The van der Waals surface area contributed by atoms with E-state index < -0.39 is 0 Å². The van der Waals surface area contributed by atoms with E-state index in [1.54, 1.807) is 24.1 Å². The van der Waals surface area contributed by atoms with Crippen molar-refractivity contribution in [1.29, 1.82) is 0 Å². The molecule has 0 bridgehead atoms. The molecule has 0 fully saturated rings. The summed E-state index contributed by atoms with van der Waals surface area (Å²) in [5.74, 6) is 0.784. The van der Waals surface area contributed by atoms with E-state index in [2.05, 4.69) is 10.1 Å². The molecule has 0 amide bonds. The fourth-order valence-electron chi connectivity index (χ4n) is 2.10. The minimum absolute atomic E-state index is 0.439. The van der Waals surface area contributed by atoms with E-state index in [4.69, 9.17) is 16.3 Å². The van der Waals surface area contributed by atoms with Crippen molar-refractivity contribution >= 4 is 22.5 Å². The Morgan fingerprint density at radius 2 is 2.16 bits per heavy atom. The van der Waals surface area contributed by atoms with Crippen LogP contribution >= 0.6 is 11.6 Å². The number of halogens is 1. The van der Waals surface area contributed by atoms with Crippen LogP contribution in [-0.4, -0.2) is 21.9 Å². The molecule has 0 radical (unpaired) electrons. The van der Waals surface area contributed by atoms with Crippen LogP contribution in [0, 0.1) is 6.92 Å². The molecule has 0 aliphatic heterocycles. The molecule has 0 saturated heterocycles. The van der Waals surface area contributed by atoms with Gasteiger partial charge < -0.3 is 4.74 Å². The van der Waals surface area contributed by atoms with E-state index in [1.165, 1.54) is 0 Å². The lowest BCUT2D eigenvalue weighted by atomic mass is 10.2. The van der Waals surface area contributed by atoms with Gasteiger partial charge in [-0.25, -0.2) is 9.67 Å². The normalized spacial score (nSPS) is 10.9. The van der Waals surface area contributed by atoms with Gasteiger partial charge in [-0.15, -0.1) is 0 Å². The summed E-state index contributed by atoms with van der Waals surface area (Å²) in [5, 5.41) is 5.90. The molecule has 0 unspecified atom stereocenters. The summed E-state index contributed by atoms with van der Waals surface area (Å²) in [7, 11) is 1.65. The molecule has 5 heteroatoms. The molecule has 0 N–H and O–H groups in total. The fraction of sp³-hybridized carbons (Fsp3) is 0.143. The van der Waals surface area contributed by atoms with Gasteiger partial charge in [-0.3, -0.25) is 0 Å². The highest BCUT2D eigenvalue weighted by atomic mass is 35.5. The zero-order valence-electron chi connectivity index (χ0n) is 10.6. The monoisotopic (exact) mass is 273 g/mol. The van der Waals surface area contributed by atoms with Gasteiger partial charge in [0.25, 0.3) is 0 Å². The molecule has 1 aromatic carbocycles. The van der Waals surface area contributed by atoms with Gasteiger partial charge in [-0.05, 0) is 18.6 Å². The third-order valence-electron chi connectivity index (χ3n) is 3.01. The molecule has 2 aromatic heterocycles. The molecule has 3 rings (SSSR count). The maximum absolute atomic E-state index is 5.88. The average Bonchev–Trinajstić information content (AvgIpc) is 2.80. The quantitative estimate of drug-likeness (QED) is 0.672. The first-order valence-electron chi connectivity index (χ1n) is 5.84. The van der Waals surface area contributed by atoms with Crippen LogP contribution in [0.3, 0.4) is 0 Å². The number of fused-ring (bicyclic) bond motifs is 1. The van der Waals surface area contributed by atoms with Gasteiger partial charge >= 0.3 is 0 Å². The number of methoxy groups -OCH3 is 1. The number of aromatic nitrogens is 3. The summed E-state index contributed by atoms with van der Waals surface area (Å²) in [6.07, 6.45) is 3.63. The smallest absolute Gasteiger partial charge is 0.144 e. The van der Waals surface area contributed by atoms with Crippen molar-refractivity contribution in [3.05, 3.63) is 47.4 Å². The van der Waals surface area contributed by atoms with Crippen LogP contribution in [0.25, 0.3) is 16.6 Å². The Labute approximate surface area is 115 Å². The number of hydrogen-bond donors (Lipinski definition) is 0. The number of nitrogens with zero attached hydrogens (tertiary/aromatic N) is 3. The summed E-state index contributed by atoms with van der Waals surface area (Å²) in [4.78, 5) is 4.06. The summed E-state index contributed by atoms with van der Waals surface area (Å²) in [5.41, 5.74) is 2.83. The Balaban J connectivity index is 2.24. The summed E-state index contributed by atoms with van der Waals surface area (Å²) < 4.78 is 7.20. The van der Waals surface area contributed by atoms with Gasteiger partial charge in [0.15, 0.2) is 0 Å². The van der Waals surface area contributed by atoms with Crippen LogP contribution in [0.5, 0.6) is 5.75 Å². The number of benzene rings is 1. The number of aryl methyl sites for hydroxylation is 1. The number of hydrogen-bond acceptors (Lipinski definition) is 3. The molecule has 4 nitrogen and oxygen atoms in total. The molecule has 0 atom stereocenters. The van der Waals surface area contributed by atoms with Crippen molar-refractivity contribution in [2.75, 3.05) is 7.11 Å². The minimum atomic E-state index is 0.439. The van der Waals surface area contributed by atoms with Gasteiger partial charge in [0.05, 0.1) is 12.6 Å². The van der Waals surface area contributed by atoms with E-state index in [-0.39, 0.29) is 0 Å². The SMILES string of the molecule is COc1cccc(C)c1-n1cc2cnc(Cl)cc2n1. The first kappa shape index (κ1) is 12.0. The minimum Gasteiger partial charge on any atom is -0.494 e. The summed E-state index contributed by atoms with van der Waals surface area (Å²) in [6, 6.07) is 7.65. The van der Waals surface area contributed by atoms with E-state index in [1.807, 2.05) is 31.3 Å². The number of pyridine rings is 1. The number of ether oxygens (including phenoxy) is 1. The van der Waals surface area contributed by atoms with Gasteiger partial charge in [0.1, 0.15) is 16.6 Å². The van der Waals surface area contributed by atoms with E-state index >= 15 is 0 Å². The van der Waals surface area contributed by atoms with Crippen LogP contribution < -0.4 is 4.74 Å². The molecule has 96 valence electrons. The molecule has 3 aromatic rings. The second-order valence-electron chi connectivity index (χ2n) is 4.27. The highest BCUT2D eigenvalue weighted by Crippen LogP contribution is 2.27. The van der Waals surface area contributed by atoms with Crippen molar-refractivity contribution in [1.82, 2.24) is 14.8 Å². The Morgan fingerprint density at radius 3 is 2.95 bits per heavy atom. The highest BCUT2D eigenvalue weighted by Gasteiger charge is 2.11. The summed E-state index contributed by atoms with van der Waals surface area (Å²) in [6.45, 7) is 2.02.